The Morgan fingerprint density at radius 3 is 2.42 bits per heavy atom. The van der Waals surface area contributed by atoms with Crippen LogP contribution in [0.4, 0.5) is 0 Å². The van der Waals surface area contributed by atoms with Gasteiger partial charge >= 0.3 is 0 Å². The van der Waals surface area contributed by atoms with Gasteiger partial charge in [0.15, 0.2) is 0 Å². The Balaban J connectivity index is 2.09. The number of halogens is 1. The minimum absolute atomic E-state index is 0.128. The summed E-state index contributed by atoms with van der Waals surface area (Å²) < 4.78 is 0.608. The molecule has 0 aromatic carbocycles. The van der Waals surface area contributed by atoms with Gasteiger partial charge < -0.3 is 5.32 Å². The molecule has 1 N–H and O–H groups in total. The van der Waals surface area contributed by atoms with E-state index in [4.69, 9.17) is 11.6 Å². The third kappa shape index (κ3) is 3.30. The summed E-state index contributed by atoms with van der Waals surface area (Å²) in [6.07, 6.45) is 0. The van der Waals surface area contributed by atoms with E-state index < -0.39 is 0 Å². The summed E-state index contributed by atoms with van der Waals surface area (Å²) in [7, 11) is 0. The average Bonchev–Trinajstić information content (AvgIpc) is 2.74. The van der Waals surface area contributed by atoms with Gasteiger partial charge in [-0.25, -0.2) is 9.97 Å². The zero-order valence-electron chi connectivity index (χ0n) is 11.0. The van der Waals surface area contributed by atoms with Gasteiger partial charge in [0.1, 0.15) is 5.82 Å². The Bertz CT molecular complexity index is 601. The first-order chi connectivity index (χ1) is 8.97. The standard InChI is InChI=1S/C13H14ClN3OS/c1-7-10(8(2)17-9(3)16-7)6-15-13(18)11-4-5-12(14)19-11/h4-5H,6H2,1-3H3,(H,15,18). The molecular formula is C13H14ClN3OS. The fraction of sp³-hybridized carbons (Fsp3) is 0.308. The first kappa shape index (κ1) is 14.0. The lowest BCUT2D eigenvalue weighted by atomic mass is 10.1. The van der Waals surface area contributed by atoms with Crippen molar-refractivity contribution in [2.75, 3.05) is 0 Å². The second-order valence-corrected chi connectivity index (χ2v) is 5.92. The molecule has 0 aliphatic heterocycles. The Morgan fingerprint density at radius 1 is 1.26 bits per heavy atom. The number of aryl methyl sites for hydroxylation is 3. The number of thiophene rings is 1. The average molecular weight is 296 g/mol. The zero-order valence-corrected chi connectivity index (χ0v) is 12.5. The summed E-state index contributed by atoms with van der Waals surface area (Å²) in [6, 6.07) is 3.43. The minimum atomic E-state index is -0.128. The Kier molecular flexibility index (Phi) is 4.17. The quantitative estimate of drug-likeness (QED) is 0.947. The van der Waals surface area contributed by atoms with Crippen LogP contribution in [0.2, 0.25) is 4.34 Å². The van der Waals surface area contributed by atoms with Crippen molar-refractivity contribution in [3.05, 3.63) is 44.1 Å². The van der Waals surface area contributed by atoms with Gasteiger partial charge in [-0.15, -0.1) is 11.3 Å². The minimum Gasteiger partial charge on any atom is -0.347 e. The number of aromatic nitrogens is 2. The van der Waals surface area contributed by atoms with Gasteiger partial charge in [0.2, 0.25) is 0 Å². The smallest absolute Gasteiger partial charge is 0.261 e. The highest BCUT2D eigenvalue weighted by molar-refractivity contribution is 7.17. The van der Waals surface area contributed by atoms with Gasteiger partial charge in [-0.3, -0.25) is 4.79 Å². The van der Waals surface area contributed by atoms with E-state index in [2.05, 4.69) is 15.3 Å². The van der Waals surface area contributed by atoms with E-state index in [0.717, 1.165) is 22.8 Å². The number of nitrogens with zero attached hydrogens (tertiary/aromatic N) is 2. The van der Waals surface area contributed by atoms with Crippen LogP contribution in [0.5, 0.6) is 0 Å². The van der Waals surface area contributed by atoms with Crippen LogP contribution in [0.25, 0.3) is 0 Å². The lowest BCUT2D eigenvalue weighted by molar-refractivity contribution is 0.0955. The highest BCUT2D eigenvalue weighted by atomic mass is 35.5. The SMILES string of the molecule is Cc1nc(C)c(CNC(=O)c2ccc(Cl)s2)c(C)n1. The van der Waals surface area contributed by atoms with Crippen LogP contribution in [0.1, 0.15) is 32.4 Å². The summed E-state index contributed by atoms with van der Waals surface area (Å²) in [5.74, 6) is 0.617. The van der Waals surface area contributed by atoms with Crippen molar-refractivity contribution < 1.29 is 4.79 Å². The molecule has 100 valence electrons. The second-order valence-electron chi connectivity index (χ2n) is 4.21. The molecule has 2 aromatic heterocycles. The summed E-state index contributed by atoms with van der Waals surface area (Å²) in [5.41, 5.74) is 2.76. The van der Waals surface area contributed by atoms with Crippen molar-refractivity contribution in [2.24, 2.45) is 0 Å². The number of nitrogens with one attached hydrogen (secondary N) is 1. The molecule has 2 aromatic rings. The highest BCUT2D eigenvalue weighted by Crippen LogP contribution is 2.21. The normalized spacial score (nSPS) is 10.5. The molecule has 0 spiro atoms. The molecule has 0 saturated carbocycles. The molecule has 0 radical (unpaired) electrons. The monoisotopic (exact) mass is 295 g/mol. The van der Waals surface area contributed by atoms with Gasteiger partial charge in [0.05, 0.1) is 9.21 Å². The fourth-order valence-corrected chi connectivity index (χ4v) is 2.81. The van der Waals surface area contributed by atoms with Crippen molar-refractivity contribution in [1.82, 2.24) is 15.3 Å². The van der Waals surface area contributed by atoms with E-state index in [-0.39, 0.29) is 5.91 Å². The molecule has 0 saturated heterocycles. The maximum absolute atomic E-state index is 11.9. The van der Waals surface area contributed by atoms with Crippen molar-refractivity contribution in [3.8, 4) is 0 Å². The highest BCUT2D eigenvalue weighted by Gasteiger charge is 2.11. The first-order valence-electron chi connectivity index (χ1n) is 5.81. The van der Waals surface area contributed by atoms with Crippen LogP contribution < -0.4 is 5.32 Å². The number of hydrogen-bond donors (Lipinski definition) is 1. The summed E-state index contributed by atoms with van der Waals surface area (Å²) in [5, 5.41) is 2.86. The first-order valence-corrected chi connectivity index (χ1v) is 7.01. The Morgan fingerprint density at radius 2 is 1.89 bits per heavy atom. The van der Waals surface area contributed by atoms with E-state index in [1.54, 1.807) is 12.1 Å². The van der Waals surface area contributed by atoms with Crippen LogP contribution in [0, 0.1) is 20.8 Å². The van der Waals surface area contributed by atoms with Gasteiger partial charge in [-0.05, 0) is 32.9 Å². The van der Waals surface area contributed by atoms with Crippen molar-refractivity contribution in [1.29, 1.82) is 0 Å². The van der Waals surface area contributed by atoms with Crippen LogP contribution >= 0.6 is 22.9 Å². The molecule has 0 aliphatic rings. The molecule has 2 rings (SSSR count). The predicted molar refractivity (Wildman–Crippen MR) is 76.7 cm³/mol. The maximum Gasteiger partial charge on any atom is 0.261 e. The summed E-state index contributed by atoms with van der Waals surface area (Å²) >= 11 is 7.07. The van der Waals surface area contributed by atoms with E-state index in [1.165, 1.54) is 11.3 Å². The molecule has 0 fully saturated rings. The van der Waals surface area contributed by atoms with Crippen molar-refractivity contribution >= 4 is 28.8 Å². The van der Waals surface area contributed by atoms with Gasteiger partial charge in [-0.2, -0.15) is 0 Å². The van der Waals surface area contributed by atoms with Gasteiger partial charge in [0.25, 0.3) is 5.91 Å². The molecule has 19 heavy (non-hydrogen) atoms. The molecule has 2 heterocycles. The molecule has 0 atom stereocenters. The van der Waals surface area contributed by atoms with Gasteiger partial charge in [0, 0.05) is 23.5 Å². The molecular weight excluding hydrogens is 282 g/mol. The van der Waals surface area contributed by atoms with Gasteiger partial charge in [-0.1, -0.05) is 11.6 Å². The number of amides is 1. The summed E-state index contributed by atoms with van der Waals surface area (Å²) in [4.78, 5) is 21.1. The third-order valence-electron chi connectivity index (χ3n) is 2.76. The lowest BCUT2D eigenvalue weighted by Gasteiger charge is -2.10. The second kappa shape index (κ2) is 5.67. The molecule has 6 heteroatoms. The van der Waals surface area contributed by atoms with Crippen LogP contribution in [0.3, 0.4) is 0 Å². The third-order valence-corrected chi connectivity index (χ3v) is 3.99. The molecule has 0 bridgehead atoms. The zero-order chi connectivity index (χ0) is 14.0. The Labute approximate surface area is 120 Å². The topological polar surface area (TPSA) is 54.9 Å². The number of rotatable bonds is 3. The lowest BCUT2D eigenvalue weighted by Crippen LogP contribution is -2.23. The van der Waals surface area contributed by atoms with E-state index in [1.807, 2.05) is 20.8 Å². The van der Waals surface area contributed by atoms with Crippen LogP contribution in [-0.4, -0.2) is 15.9 Å². The van der Waals surface area contributed by atoms with Crippen molar-refractivity contribution in [3.63, 3.8) is 0 Å². The molecule has 0 aliphatic carbocycles. The maximum atomic E-state index is 11.9. The number of carbonyl (C=O) groups is 1. The Hall–Kier alpha value is -1.46. The van der Waals surface area contributed by atoms with Crippen LogP contribution in [0.15, 0.2) is 12.1 Å². The van der Waals surface area contributed by atoms with E-state index in [0.29, 0.717) is 15.8 Å². The van der Waals surface area contributed by atoms with Crippen molar-refractivity contribution in [2.45, 2.75) is 27.3 Å². The molecule has 0 unspecified atom stereocenters. The molecule has 4 nitrogen and oxygen atoms in total. The van der Waals surface area contributed by atoms with E-state index >= 15 is 0 Å². The van der Waals surface area contributed by atoms with Crippen LogP contribution in [-0.2, 0) is 6.54 Å². The fourth-order valence-electron chi connectivity index (χ4n) is 1.86. The molecule has 1 amide bonds. The van der Waals surface area contributed by atoms with E-state index in [9.17, 15) is 4.79 Å². The largest absolute Gasteiger partial charge is 0.347 e. The summed E-state index contributed by atoms with van der Waals surface area (Å²) in [6.45, 7) is 6.12. The predicted octanol–water partition coefficient (Wildman–Crippen LogP) is 3.05. The number of hydrogen-bond acceptors (Lipinski definition) is 4. The number of carbonyl (C=O) groups excluding carboxylic acids is 1.